The van der Waals surface area contributed by atoms with E-state index in [1.165, 1.54) is 64.2 Å². The van der Waals surface area contributed by atoms with E-state index < -0.39 is 0 Å². The minimum Gasteiger partial charge on any atom is -0.0885 e. The van der Waals surface area contributed by atoms with Gasteiger partial charge in [0.15, 0.2) is 0 Å². The molecule has 0 spiro atoms. The monoisotopic (exact) mass is 209 g/mol. The standard InChI is InChI=1S/C15H29/c1-3-5-7-9-11-13-15-14-12-10-8-6-4-2/h13,15H,1,3-12,14H2,2H3/b15-13+. The Morgan fingerprint density at radius 2 is 1.27 bits per heavy atom. The highest BCUT2D eigenvalue weighted by molar-refractivity contribution is 4.81. The molecule has 0 aliphatic carbocycles. The lowest BCUT2D eigenvalue weighted by atomic mass is 10.1. The Labute approximate surface area is 97.2 Å². The third kappa shape index (κ3) is 13.7. The average molecular weight is 209 g/mol. The van der Waals surface area contributed by atoms with Gasteiger partial charge in [0.25, 0.3) is 0 Å². The molecule has 0 bridgehead atoms. The zero-order valence-electron chi connectivity index (χ0n) is 10.6. The number of hydrogen-bond acceptors (Lipinski definition) is 0. The van der Waals surface area contributed by atoms with Crippen LogP contribution in [0.5, 0.6) is 0 Å². The summed E-state index contributed by atoms with van der Waals surface area (Å²) in [4.78, 5) is 0. The number of rotatable bonds is 11. The molecule has 0 fully saturated rings. The Balaban J connectivity index is 2.97. The highest BCUT2D eigenvalue weighted by Crippen LogP contribution is 2.07. The molecule has 0 saturated carbocycles. The number of unbranched alkanes of at least 4 members (excludes halogenated alkanes) is 9. The fourth-order valence-electron chi connectivity index (χ4n) is 1.72. The first-order chi connectivity index (χ1) is 7.41. The number of allylic oxidation sites excluding steroid dienone is 2. The maximum atomic E-state index is 3.85. The molecule has 89 valence electrons. The summed E-state index contributed by atoms with van der Waals surface area (Å²) in [5, 5.41) is 0. The van der Waals surface area contributed by atoms with E-state index in [2.05, 4.69) is 26.0 Å². The molecule has 0 aromatic carbocycles. The summed E-state index contributed by atoms with van der Waals surface area (Å²) in [6.45, 7) is 6.12. The topological polar surface area (TPSA) is 0 Å². The maximum absolute atomic E-state index is 3.85. The van der Waals surface area contributed by atoms with Gasteiger partial charge in [-0.15, -0.1) is 0 Å². The fraction of sp³-hybridized carbons (Fsp3) is 0.800. The molecular weight excluding hydrogens is 180 g/mol. The zero-order chi connectivity index (χ0) is 11.2. The molecule has 0 atom stereocenters. The van der Waals surface area contributed by atoms with Crippen molar-refractivity contribution in [2.45, 2.75) is 77.6 Å². The lowest BCUT2D eigenvalue weighted by molar-refractivity contribution is 0.636. The zero-order valence-corrected chi connectivity index (χ0v) is 10.6. The van der Waals surface area contributed by atoms with Crippen molar-refractivity contribution in [1.29, 1.82) is 0 Å². The van der Waals surface area contributed by atoms with Crippen LogP contribution in [-0.2, 0) is 0 Å². The smallest absolute Gasteiger partial charge is 0.0351 e. The minimum atomic E-state index is 1.10. The second-order valence-electron chi connectivity index (χ2n) is 4.38. The highest BCUT2D eigenvalue weighted by atomic mass is 13.9. The lowest BCUT2D eigenvalue weighted by Gasteiger charge is -1.96. The first kappa shape index (κ1) is 14.7. The summed E-state index contributed by atoms with van der Waals surface area (Å²) in [5.74, 6) is 0. The summed E-state index contributed by atoms with van der Waals surface area (Å²) in [6.07, 6.45) is 19.4. The SMILES string of the molecule is [CH2]CCCCC/C=C/CCCCCCC. The van der Waals surface area contributed by atoms with Gasteiger partial charge in [0.05, 0.1) is 0 Å². The highest BCUT2D eigenvalue weighted by Gasteiger charge is 1.87. The molecule has 15 heavy (non-hydrogen) atoms. The van der Waals surface area contributed by atoms with Gasteiger partial charge in [-0.25, -0.2) is 0 Å². The molecule has 0 amide bonds. The van der Waals surface area contributed by atoms with E-state index in [1.807, 2.05) is 0 Å². The Kier molecular flexibility index (Phi) is 13.5. The van der Waals surface area contributed by atoms with E-state index >= 15 is 0 Å². The van der Waals surface area contributed by atoms with E-state index in [0.29, 0.717) is 0 Å². The predicted molar refractivity (Wildman–Crippen MR) is 71.0 cm³/mol. The van der Waals surface area contributed by atoms with Crippen molar-refractivity contribution in [1.82, 2.24) is 0 Å². The summed E-state index contributed by atoms with van der Waals surface area (Å²) in [7, 11) is 0. The van der Waals surface area contributed by atoms with E-state index in [1.54, 1.807) is 0 Å². The van der Waals surface area contributed by atoms with Crippen LogP contribution in [0.1, 0.15) is 77.6 Å². The van der Waals surface area contributed by atoms with E-state index in [0.717, 1.165) is 6.42 Å². The van der Waals surface area contributed by atoms with Crippen LogP contribution in [0.4, 0.5) is 0 Å². The minimum absolute atomic E-state index is 1.10. The van der Waals surface area contributed by atoms with Gasteiger partial charge < -0.3 is 0 Å². The summed E-state index contributed by atoms with van der Waals surface area (Å²) in [5.41, 5.74) is 0. The summed E-state index contributed by atoms with van der Waals surface area (Å²) < 4.78 is 0. The van der Waals surface area contributed by atoms with E-state index in [4.69, 9.17) is 0 Å². The summed E-state index contributed by atoms with van der Waals surface area (Å²) >= 11 is 0. The molecule has 0 N–H and O–H groups in total. The molecule has 0 aliphatic rings. The van der Waals surface area contributed by atoms with Gasteiger partial charge in [0, 0.05) is 0 Å². The van der Waals surface area contributed by atoms with Gasteiger partial charge in [-0.2, -0.15) is 0 Å². The molecule has 0 rings (SSSR count). The first-order valence-electron chi connectivity index (χ1n) is 6.86. The molecular formula is C15H29. The Morgan fingerprint density at radius 3 is 1.80 bits per heavy atom. The van der Waals surface area contributed by atoms with Gasteiger partial charge >= 0.3 is 0 Å². The van der Waals surface area contributed by atoms with E-state index in [9.17, 15) is 0 Å². The molecule has 0 saturated heterocycles. The lowest BCUT2D eigenvalue weighted by Crippen LogP contribution is -1.77. The Morgan fingerprint density at radius 1 is 0.733 bits per heavy atom. The van der Waals surface area contributed by atoms with Crippen LogP contribution in [0.25, 0.3) is 0 Å². The van der Waals surface area contributed by atoms with Gasteiger partial charge in [-0.1, -0.05) is 70.9 Å². The van der Waals surface area contributed by atoms with Gasteiger partial charge in [-0.05, 0) is 25.7 Å². The quantitative estimate of drug-likeness (QED) is 0.303. The molecule has 1 radical (unpaired) electrons. The Hall–Kier alpha value is -0.260. The van der Waals surface area contributed by atoms with Crippen molar-refractivity contribution in [2.24, 2.45) is 0 Å². The van der Waals surface area contributed by atoms with Crippen LogP contribution in [0, 0.1) is 6.92 Å². The van der Waals surface area contributed by atoms with Crippen molar-refractivity contribution >= 4 is 0 Å². The molecule has 0 nitrogen and oxygen atoms in total. The molecule has 0 aromatic heterocycles. The van der Waals surface area contributed by atoms with Crippen molar-refractivity contribution in [3.8, 4) is 0 Å². The third-order valence-corrected chi connectivity index (χ3v) is 2.76. The normalized spacial score (nSPS) is 11.3. The van der Waals surface area contributed by atoms with Crippen LogP contribution >= 0.6 is 0 Å². The van der Waals surface area contributed by atoms with Crippen molar-refractivity contribution in [3.05, 3.63) is 19.1 Å². The van der Waals surface area contributed by atoms with Crippen LogP contribution in [0.15, 0.2) is 12.2 Å². The molecule has 0 aliphatic heterocycles. The molecule has 0 unspecified atom stereocenters. The molecule has 0 aromatic rings. The van der Waals surface area contributed by atoms with Crippen molar-refractivity contribution < 1.29 is 0 Å². The van der Waals surface area contributed by atoms with E-state index in [-0.39, 0.29) is 0 Å². The third-order valence-electron chi connectivity index (χ3n) is 2.76. The van der Waals surface area contributed by atoms with Gasteiger partial charge in [-0.3, -0.25) is 0 Å². The first-order valence-corrected chi connectivity index (χ1v) is 6.86. The second-order valence-corrected chi connectivity index (χ2v) is 4.38. The van der Waals surface area contributed by atoms with Crippen molar-refractivity contribution in [3.63, 3.8) is 0 Å². The summed E-state index contributed by atoms with van der Waals surface area (Å²) in [6, 6.07) is 0. The largest absolute Gasteiger partial charge is 0.0885 e. The predicted octanol–water partition coefficient (Wildman–Crippen LogP) is 5.69. The van der Waals surface area contributed by atoms with Crippen molar-refractivity contribution in [2.75, 3.05) is 0 Å². The van der Waals surface area contributed by atoms with Crippen LogP contribution < -0.4 is 0 Å². The molecule has 0 heteroatoms. The van der Waals surface area contributed by atoms with Crippen LogP contribution in [0.3, 0.4) is 0 Å². The number of hydrogen-bond donors (Lipinski definition) is 0. The fourth-order valence-corrected chi connectivity index (χ4v) is 1.72. The van der Waals surface area contributed by atoms with Crippen LogP contribution in [-0.4, -0.2) is 0 Å². The maximum Gasteiger partial charge on any atom is -0.0351 e. The second kappa shape index (κ2) is 13.7. The average Bonchev–Trinajstić information content (AvgIpc) is 2.26. The van der Waals surface area contributed by atoms with Gasteiger partial charge in [0.1, 0.15) is 0 Å². The van der Waals surface area contributed by atoms with Gasteiger partial charge in [0.2, 0.25) is 0 Å². The molecule has 0 heterocycles. The van der Waals surface area contributed by atoms with Crippen LogP contribution in [0.2, 0.25) is 0 Å². The Bertz CT molecular complexity index is 124.